The highest BCUT2D eigenvalue weighted by Crippen LogP contribution is 2.30. The minimum atomic E-state index is -1.02. The first-order valence-electron chi connectivity index (χ1n) is 4.67. The Hall–Kier alpha value is -2.11. The van der Waals surface area contributed by atoms with Gasteiger partial charge in [0.15, 0.2) is 5.75 Å². The number of nitro groups is 1. The van der Waals surface area contributed by atoms with Crippen molar-refractivity contribution in [3.63, 3.8) is 0 Å². The molecule has 0 aliphatic heterocycles. The van der Waals surface area contributed by atoms with Gasteiger partial charge in [0, 0.05) is 6.07 Å². The SMILES string of the molecule is CCC(C(=O)O)c1ccc([N+](=O)[O-])c(O)c1. The van der Waals surface area contributed by atoms with Crippen LogP contribution in [0.3, 0.4) is 0 Å². The molecule has 16 heavy (non-hydrogen) atoms. The Morgan fingerprint density at radius 3 is 2.56 bits per heavy atom. The zero-order valence-electron chi connectivity index (χ0n) is 8.58. The van der Waals surface area contributed by atoms with Crippen LogP contribution in [0.2, 0.25) is 0 Å². The quantitative estimate of drug-likeness (QED) is 0.601. The summed E-state index contributed by atoms with van der Waals surface area (Å²) < 4.78 is 0. The van der Waals surface area contributed by atoms with Crippen molar-refractivity contribution in [3.8, 4) is 5.75 Å². The van der Waals surface area contributed by atoms with Crippen molar-refractivity contribution in [3.05, 3.63) is 33.9 Å². The summed E-state index contributed by atoms with van der Waals surface area (Å²) in [7, 11) is 0. The van der Waals surface area contributed by atoms with E-state index >= 15 is 0 Å². The van der Waals surface area contributed by atoms with Gasteiger partial charge >= 0.3 is 11.7 Å². The highest BCUT2D eigenvalue weighted by molar-refractivity contribution is 5.76. The zero-order valence-corrected chi connectivity index (χ0v) is 8.58. The molecule has 1 unspecified atom stereocenters. The first-order chi connectivity index (χ1) is 7.47. The van der Waals surface area contributed by atoms with Crippen molar-refractivity contribution in [1.29, 1.82) is 0 Å². The van der Waals surface area contributed by atoms with Crippen LogP contribution in [0.4, 0.5) is 5.69 Å². The second-order valence-corrected chi connectivity index (χ2v) is 3.30. The van der Waals surface area contributed by atoms with E-state index in [1.54, 1.807) is 6.92 Å². The summed E-state index contributed by atoms with van der Waals surface area (Å²) in [5, 5.41) is 28.7. The standard InChI is InChI=1S/C10H11NO5/c1-2-7(10(13)14)6-3-4-8(11(15)16)9(12)5-6/h3-5,7,12H,2H2,1H3,(H,13,14). The Morgan fingerprint density at radius 1 is 1.56 bits per heavy atom. The molecule has 0 aliphatic rings. The molecule has 0 aromatic heterocycles. The van der Waals surface area contributed by atoms with Crippen molar-refractivity contribution >= 4 is 11.7 Å². The van der Waals surface area contributed by atoms with E-state index in [0.29, 0.717) is 12.0 Å². The van der Waals surface area contributed by atoms with Gasteiger partial charge in [0.25, 0.3) is 0 Å². The third kappa shape index (κ3) is 2.28. The van der Waals surface area contributed by atoms with Gasteiger partial charge in [0.2, 0.25) is 0 Å². The number of nitro benzene ring substituents is 1. The van der Waals surface area contributed by atoms with Crippen LogP contribution in [0.5, 0.6) is 5.75 Å². The van der Waals surface area contributed by atoms with Crippen LogP contribution in [-0.2, 0) is 4.79 Å². The normalized spacial score (nSPS) is 12.1. The van der Waals surface area contributed by atoms with Crippen molar-refractivity contribution < 1.29 is 19.9 Å². The molecule has 86 valence electrons. The molecule has 0 saturated carbocycles. The molecule has 1 aromatic carbocycles. The second kappa shape index (κ2) is 4.61. The third-order valence-corrected chi connectivity index (χ3v) is 2.30. The molecule has 1 aromatic rings. The molecule has 0 heterocycles. The maximum atomic E-state index is 10.8. The van der Waals surface area contributed by atoms with Gasteiger partial charge in [-0.25, -0.2) is 0 Å². The Bertz CT molecular complexity index is 429. The number of hydrogen-bond donors (Lipinski definition) is 2. The molecule has 1 rings (SSSR count). The summed E-state index contributed by atoms with van der Waals surface area (Å²) in [5.41, 5.74) is -0.0675. The van der Waals surface area contributed by atoms with Crippen LogP contribution in [-0.4, -0.2) is 21.1 Å². The second-order valence-electron chi connectivity index (χ2n) is 3.30. The highest BCUT2D eigenvalue weighted by Gasteiger charge is 2.21. The van der Waals surface area contributed by atoms with Crippen molar-refractivity contribution in [2.45, 2.75) is 19.3 Å². The fourth-order valence-corrected chi connectivity index (χ4v) is 1.46. The number of nitrogens with zero attached hydrogens (tertiary/aromatic N) is 1. The van der Waals surface area contributed by atoms with Gasteiger partial charge in [-0.2, -0.15) is 0 Å². The van der Waals surface area contributed by atoms with E-state index in [9.17, 15) is 20.0 Å². The van der Waals surface area contributed by atoms with E-state index < -0.39 is 28.2 Å². The largest absolute Gasteiger partial charge is 0.502 e. The predicted octanol–water partition coefficient (Wildman–Crippen LogP) is 1.88. The molecule has 0 amide bonds. The van der Waals surface area contributed by atoms with Crippen LogP contribution in [0, 0.1) is 10.1 Å². The van der Waals surface area contributed by atoms with E-state index in [-0.39, 0.29) is 0 Å². The van der Waals surface area contributed by atoms with Crippen LogP contribution in [0.15, 0.2) is 18.2 Å². The fourth-order valence-electron chi connectivity index (χ4n) is 1.46. The lowest BCUT2D eigenvalue weighted by atomic mass is 9.96. The average Bonchev–Trinajstić information content (AvgIpc) is 2.17. The van der Waals surface area contributed by atoms with E-state index in [1.165, 1.54) is 6.07 Å². The molecular weight excluding hydrogens is 214 g/mol. The summed E-state index contributed by atoms with van der Waals surface area (Å²) in [4.78, 5) is 20.6. The Balaban J connectivity index is 3.14. The van der Waals surface area contributed by atoms with E-state index in [2.05, 4.69) is 0 Å². The number of carbonyl (C=O) groups is 1. The summed E-state index contributed by atoms with van der Waals surface area (Å²) in [6, 6.07) is 3.58. The van der Waals surface area contributed by atoms with E-state index in [1.807, 2.05) is 0 Å². The molecular formula is C10H11NO5. The van der Waals surface area contributed by atoms with Crippen LogP contribution >= 0.6 is 0 Å². The first kappa shape index (κ1) is 12.0. The van der Waals surface area contributed by atoms with Gasteiger partial charge in [0.1, 0.15) is 0 Å². The monoisotopic (exact) mass is 225 g/mol. The summed E-state index contributed by atoms with van der Waals surface area (Å²) >= 11 is 0. The molecule has 2 N–H and O–H groups in total. The number of carboxylic acids is 1. The van der Waals surface area contributed by atoms with Crippen LogP contribution in [0.1, 0.15) is 24.8 Å². The summed E-state index contributed by atoms with van der Waals surface area (Å²) in [6.07, 6.45) is 0.354. The predicted molar refractivity (Wildman–Crippen MR) is 55.4 cm³/mol. The molecule has 1 atom stereocenters. The lowest BCUT2D eigenvalue weighted by molar-refractivity contribution is -0.385. The molecule has 0 aliphatic carbocycles. The lowest BCUT2D eigenvalue weighted by Gasteiger charge is -2.09. The number of benzene rings is 1. The number of rotatable bonds is 4. The van der Waals surface area contributed by atoms with Gasteiger partial charge in [-0.15, -0.1) is 0 Å². The van der Waals surface area contributed by atoms with Gasteiger partial charge in [-0.3, -0.25) is 14.9 Å². The number of hydrogen-bond acceptors (Lipinski definition) is 4. The number of aliphatic carboxylic acids is 1. The maximum Gasteiger partial charge on any atom is 0.310 e. The zero-order chi connectivity index (χ0) is 12.3. The number of carboxylic acid groups (broad SMARTS) is 1. The molecule has 6 nitrogen and oxygen atoms in total. The van der Waals surface area contributed by atoms with Crippen molar-refractivity contribution in [1.82, 2.24) is 0 Å². The van der Waals surface area contributed by atoms with Crippen LogP contribution < -0.4 is 0 Å². The van der Waals surface area contributed by atoms with E-state index in [4.69, 9.17) is 5.11 Å². The average molecular weight is 225 g/mol. The van der Waals surface area contributed by atoms with Crippen molar-refractivity contribution in [2.75, 3.05) is 0 Å². The highest BCUT2D eigenvalue weighted by atomic mass is 16.6. The smallest absolute Gasteiger partial charge is 0.310 e. The van der Waals surface area contributed by atoms with Gasteiger partial charge in [-0.1, -0.05) is 13.0 Å². The Labute approximate surface area is 91.3 Å². The molecule has 0 fully saturated rings. The molecule has 0 radical (unpaired) electrons. The lowest BCUT2D eigenvalue weighted by Crippen LogP contribution is -2.10. The minimum Gasteiger partial charge on any atom is -0.502 e. The maximum absolute atomic E-state index is 10.8. The third-order valence-electron chi connectivity index (χ3n) is 2.30. The van der Waals surface area contributed by atoms with Crippen molar-refractivity contribution in [2.24, 2.45) is 0 Å². The van der Waals surface area contributed by atoms with Gasteiger partial charge in [-0.05, 0) is 18.1 Å². The Kier molecular flexibility index (Phi) is 3.44. The fraction of sp³-hybridized carbons (Fsp3) is 0.300. The topological polar surface area (TPSA) is 101 Å². The van der Waals surface area contributed by atoms with E-state index in [0.717, 1.165) is 12.1 Å². The minimum absolute atomic E-state index is 0.354. The first-order valence-corrected chi connectivity index (χ1v) is 4.67. The Morgan fingerprint density at radius 2 is 2.19 bits per heavy atom. The molecule has 6 heteroatoms. The molecule has 0 spiro atoms. The van der Waals surface area contributed by atoms with Crippen LogP contribution in [0.25, 0.3) is 0 Å². The molecule has 0 bridgehead atoms. The van der Waals surface area contributed by atoms with Gasteiger partial charge in [0.05, 0.1) is 10.8 Å². The summed E-state index contributed by atoms with van der Waals surface area (Å²) in [5.74, 6) is -2.29. The van der Waals surface area contributed by atoms with Gasteiger partial charge < -0.3 is 10.2 Å². The number of aromatic hydroxyl groups is 1. The molecule has 0 saturated heterocycles. The summed E-state index contributed by atoms with van der Waals surface area (Å²) in [6.45, 7) is 1.69. The number of phenols is 1. The number of phenolic OH excluding ortho intramolecular Hbond substituents is 1.